The Bertz CT molecular complexity index is 15.0. The van der Waals surface area contributed by atoms with Gasteiger partial charge in [0.2, 0.25) is 0 Å². The Hall–Kier alpha value is 2.23. The maximum atomic E-state index is 0. The van der Waals surface area contributed by atoms with E-state index in [9.17, 15) is 0 Å². The smallest absolute Gasteiger partial charge is 2.00 e. The largest absolute Gasteiger partial charge is 5.00 e. The Kier molecular flexibility index (Phi) is 16700. The Morgan fingerprint density at radius 1 is 0.250 bits per heavy atom. The van der Waals surface area contributed by atoms with Gasteiger partial charge in [0.05, 0.1) is 0 Å². The van der Waals surface area contributed by atoms with Gasteiger partial charge in [0.1, 0.15) is 0 Å². The van der Waals surface area contributed by atoms with Crippen LogP contribution in [0.15, 0.2) is 0 Å². The molecule has 0 aliphatic rings. The second kappa shape index (κ2) is 399. The summed E-state index contributed by atoms with van der Waals surface area (Å²) in [7, 11) is 0. The molecular weight excluding hydrogens is 368 g/mol. The minimum atomic E-state index is 0. The van der Waals surface area contributed by atoms with Crippen LogP contribution in [0.1, 0.15) is 0 Å². The molecular formula is Al2Nb2O8. The average molecular weight is 368 g/mol. The van der Waals surface area contributed by atoms with Gasteiger partial charge in [-0.25, -0.2) is 0 Å². The molecule has 0 aliphatic carbocycles. The van der Waals surface area contributed by atoms with Crippen molar-refractivity contribution in [3.05, 3.63) is 0 Å². The molecule has 0 rings (SSSR count). The molecule has 0 fully saturated rings. The molecule has 0 saturated heterocycles. The van der Waals surface area contributed by atoms with E-state index in [0.29, 0.717) is 0 Å². The summed E-state index contributed by atoms with van der Waals surface area (Å²) < 4.78 is 0. The van der Waals surface area contributed by atoms with Crippen molar-refractivity contribution in [3.63, 3.8) is 0 Å². The molecule has 0 N–H and O–H groups in total. The van der Waals surface area contributed by atoms with Crippen molar-refractivity contribution < 1.29 is 88.6 Å². The van der Waals surface area contributed by atoms with E-state index in [1.165, 1.54) is 0 Å². The fourth-order valence-electron chi connectivity index (χ4n) is 0. The molecule has 0 unspecified atom stereocenters. The van der Waals surface area contributed by atoms with E-state index in [4.69, 9.17) is 0 Å². The molecule has 0 amide bonds. The van der Waals surface area contributed by atoms with Gasteiger partial charge in [-0.1, -0.05) is 0 Å². The zero-order chi connectivity index (χ0) is 0. The van der Waals surface area contributed by atoms with Gasteiger partial charge in [0.25, 0.3) is 0 Å². The predicted molar refractivity (Wildman–Crippen MR) is 17.0 cm³/mol. The minimum Gasteiger partial charge on any atom is -2.00 e. The molecule has 0 aromatic carbocycles. The van der Waals surface area contributed by atoms with E-state index < -0.39 is 0 Å². The van der Waals surface area contributed by atoms with Gasteiger partial charge < -0.3 is 43.8 Å². The molecule has 64 valence electrons. The van der Waals surface area contributed by atoms with E-state index in [2.05, 4.69) is 0 Å². The molecule has 0 aromatic heterocycles. The first-order valence-electron chi connectivity index (χ1n) is 0. The third-order valence-corrected chi connectivity index (χ3v) is 0. The maximum absolute atomic E-state index is 0. The van der Waals surface area contributed by atoms with Crippen LogP contribution < -0.4 is 0 Å². The van der Waals surface area contributed by atoms with Crippen molar-refractivity contribution in [2.75, 3.05) is 0 Å². The third kappa shape index (κ3) is 311. The standard InChI is InChI=1S/2Al.2Nb.8O/q2*+3;2*+5;8*-2. The molecule has 0 saturated carbocycles. The van der Waals surface area contributed by atoms with Crippen molar-refractivity contribution in [2.45, 2.75) is 0 Å². The molecule has 0 aromatic rings. The van der Waals surface area contributed by atoms with Crippen LogP contribution in [-0.2, 0) is 88.6 Å². The first-order chi connectivity index (χ1) is 0. The van der Waals surface area contributed by atoms with E-state index in [1.54, 1.807) is 0 Å². The van der Waals surface area contributed by atoms with Gasteiger partial charge in [-0.2, -0.15) is 0 Å². The van der Waals surface area contributed by atoms with Crippen molar-refractivity contribution in [2.24, 2.45) is 0 Å². The van der Waals surface area contributed by atoms with Crippen LogP contribution in [0.25, 0.3) is 0 Å². The van der Waals surface area contributed by atoms with Crippen molar-refractivity contribution in [1.82, 2.24) is 0 Å². The van der Waals surface area contributed by atoms with Crippen LogP contribution in [0, 0.1) is 0 Å². The van der Waals surface area contributed by atoms with Gasteiger partial charge in [-0.05, 0) is 0 Å². The zero-order valence-corrected chi connectivity index (χ0v) is 12.0. The molecule has 0 aliphatic heterocycles. The van der Waals surface area contributed by atoms with Gasteiger partial charge in [-0.3, -0.25) is 0 Å². The summed E-state index contributed by atoms with van der Waals surface area (Å²) in [6.45, 7) is 0. The molecule has 0 spiro atoms. The quantitative estimate of drug-likeness (QED) is 0.435. The monoisotopic (exact) mass is 368 g/mol. The number of hydrogen-bond acceptors (Lipinski definition) is 0. The first-order valence-corrected chi connectivity index (χ1v) is 0. The van der Waals surface area contributed by atoms with E-state index in [1.807, 2.05) is 0 Å². The van der Waals surface area contributed by atoms with E-state index in [-0.39, 0.29) is 123 Å². The second-order valence-corrected chi connectivity index (χ2v) is 0. The molecule has 12 heteroatoms. The predicted octanol–water partition coefficient (Wildman–Crippen LogP) is -1.72. The molecule has 8 nitrogen and oxygen atoms in total. The summed E-state index contributed by atoms with van der Waals surface area (Å²) in [5, 5.41) is 0. The summed E-state index contributed by atoms with van der Waals surface area (Å²) in [6, 6.07) is 0. The fraction of sp³-hybridized carbons (Fsp3) is 0. The Balaban J connectivity index is 0. The van der Waals surface area contributed by atoms with Crippen molar-refractivity contribution in [1.29, 1.82) is 0 Å². The van der Waals surface area contributed by atoms with Crippen LogP contribution >= 0.6 is 0 Å². The third-order valence-electron chi connectivity index (χ3n) is 0. The minimum absolute atomic E-state index is 0. The van der Waals surface area contributed by atoms with Crippen LogP contribution in [0.3, 0.4) is 0 Å². The summed E-state index contributed by atoms with van der Waals surface area (Å²) >= 11 is 0. The number of hydrogen-bond donors (Lipinski definition) is 0. The zero-order valence-electron chi connectivity index (χ0n) is 5.32. The second-order valence-electron chi connectivity index (χ2n) is 0. The molecule has 0 heterocycles. The van der Waals surface area contributed by atoms with Crippen LogP contribution in [-0.4, -0.2) is 34.7 Å². The SMILES string of the molecule is [Al+3].[Al+3].[Nb+5].[Nb+5].[O-2].[O-2].[O-2].[O-2].[O-2].[O-2].[O-2].[O-2]. The van der Waals surface area contributed by atoms with Gasteiger partial charge >= 0.3 is 79.5 Å². The van der Waals surface area contributed by atoms with Gasteiger partial charge in [0, 0.05) is 0 Å². The van der Waals surface area contributed by atoms with Gasteiger partial charge in [0.15, 0.2) is 0 Å². The van der Waals surface area contributed by atoms with Crippen LogP contribution in [0.5, 0.6) is 0 Å². The summed E-state index contributed by atoms with van der Waals surface area (Å²) in [4.78, 5) is 0. The maximum Gasteiger partial charge on any atom is 5.00 e. The van der Waals surface area contributed by atoms with Crippen LogP contribution in [0.2, 0.25) is 0 Å². The molecule has 12 heavy (non-hydrogen) atoms. The first kappa shape index (κ1) is 502. The van der Waals surface area contributed by atoms with Crippen molar-refractivity contribution >= 4 is 34.7 Å². The molecule has 0 atom stereocenters. The van der Waals surface area contributed by atoms with Crippen molar-refractivity contribution in [3.8, 4) is 0 Å². The molecule has 0 radical (unpaired) electrons. The topological polar surface area (TPSA) is 228 Å². The summed E-state index contributed by atoms with van der Waals surface area (Å²) in [5.74, 6) is 0. The summed E-state index contributed by atoms with van der Waals surface area (Å²) in [5.41, 5.74) is 0. The normalized spacial score (nSPS) is 0. The average Bonchev–Trinajstić information content (AvgIpc) is 0. The Labute approximate surface area is 122 Å². The fourth-order valence-corrected chi connectivity index (χ4v) is 0. The van der Waals surface area contributed by atoms with E-state index >= 15 is 0 Å². The Morgan fingerprint density at radius 3 is 0.250 bits per heavy atom. The Morgan fingerprint density at radius 2 is 0.250 bits per heavy atom. The van der Waals surface area contributed by atoms with Gasteiger partial charge in [-0.15, -0.1) is 0 Å². The number of rotatable bonds is 0. The van der Waals surface area contributed by atoms with Crippen LogP contribution in [0.4, 0.5) is 0 Å². The molecule has 0 bridgehead atoms. The van der Waals surface area contributed by atoms with E-state index in [0.717, 1.165) is 0 Å². The summed E-state index contributed by atoms with van der Waals surface area (Å²) in [6.07, 6.45) is 0.